The van der Waals surface area contributed by atoms with Gasteiger partial charge in [-0.1, -0.05) is 43.2 Å². The Labute approximate surface area is 143 Å². The number of ketones is 1. The van der Waals surface area contributed by atoms with Crippen LogP contribution in [0.3, 0.4) is 0 Å². The van der Waals surface area contributed by atoms with Gasteiger partial charge in [0.05, 0.1) is 0 Å². The second-order valence-corrected chi connectivity index (χ2v) is 7.46. The zero-order valence-corrected chi connectivity index (χ0v) is 14.3. The van der Waals surface area contributed by atoms with Crippen molar-refractivity contribution in [2.24, 2.45) is 5.41 Å². The van der Waals surface area contributed by atoms with Gasteiger partial charge in [-0.3, -0.25) is 4.79 Å². The first-order chi connectivity index (χ1) is 11.7. The summed E-state index contributed by atoms with van der Waals surface area (Å²) in [4.78, 5) is 12.1. The van der Waals surface area contributed by atoms with Crippen LogP contribution >= 0.6 is 0 Å². The fourth-order valence-electron chi connectivity index (χ4n) is 4.56. The summed E-state index contributed by atoms with van der Waals surface area (Å²) < 4.78 is 6.16. The van der Waals surface area contributed by atoms with Crippen molar-refractivity contribution in [3.63, 3.8) is 0 Å². The van der Waals surface area contributed by atoms with Gasteiger partial charge in [0.1, 0.15) is 12.4 Å². The summed E-state index contributed by atoms with van der Waals surface area (Å²) >= 11 is 0. The highest BCUT2D eigenvalue weighted by Gasteiger charge is 2.42. The zero-order valence-electron chi connectivity index (χ0n) is 14.3. The highest BCUT2D eigenvalue weighted by Crippen LogP contribution is 2.51. The number of carbonyl (C=O) groups excluding carboxylic acids is 1. The summed E-state index contributed by atoms with van der Waals surface area (Å²) in [5, 5.41) is 0. The fourth-order valence-corrected chi connectivity index (χ4v) is 4.56. The van der Waals surface area contributed by atoms with E-state index in [1.807, 2.05) is 30.3 Å². The van der Waals surface area contributed by atoms with Crippen molar-refractivity contribution >= 4 is 5.78 Å². The molecule has 0 atom stereocenters. The summed E-state index contributed by atoms with van der Waals surface area (Å²) in [5.41, 5.74) is 5.02. The van der Waals surface area contributed by atoms with E-state index in [4.69, 9.17) is 4.74 Å². The number of fused-ring (bicyclic) bond motifs is 1. The Hall–Kier alpha value is -2.09. The van der Waals surface area contributed by atoms with Crippen LogP contribution in [-0.4, -0.2) is 5.78 Å². The van der Waals surface area contributed by atoms with Crippen molar-refractivity contribution in [1.82, 2.24) is 0 Å². The van der Waals surface area contributed by atoms with E-state index in [2.05, 4.69) is 12.1 Å². The summed E-state index contributed by atoms with van der Waals surface area (Å²) in [6.45, 7) is 2.26. The van der Waals surface area contributed by atoms with Crippen LogP contribution in [0, 0.1) is 5.41 Å². The predicted molar refractivity (Wildman–Crippen MR) is 95.5 cm³/mol. The Morgan fingerprint density at radius 1 is 1.00 bits per heavy atom. The smallest absolute Gasteiger partial charge is 0.160 e. The minimum absolute atomic E-state index is 0.177. The third kappa shape index (κ3) is 2.75. The lowest BCUT2D eigenvalue weighted by atomic mass is 9.83. The van der Waals surface area contributed by atoms with Crippen molar-refractivity contribution in [3.05, 3.63) is 64.7 Å². The van der Waals surface area contributed by atoms with Gasteiger partial charge in [-0.15, -0.1) is 0 Å². The van der Waals surface area contributed by atoms with Crippen LogP contribution < -0.4 is 4.74 Å². The van der Waals surface area contributed by atoms with Crippen molar-refractivity contribution < 1.29 is 9.53 Å². The summed E-state index contributed by atoms with van der Waals surface area (Å²) in [6, 6.07) is 14.2. The van der Waals surface area contributed by atoms with E-state index in [0.29, 0.717) is 12.0 Å². The Balaban J connectivity index is 1.65. The van der Waals surface area contributed by atoms with Crippen LogP contribution in [-0.2, 0) is 19.4 Å². The highest BCUT2D eigenvalue weighted by atomic mass is 16.5. The molecule has 0 radical (unpaired) electrons. The van der Waals surface area contributed by atoms with Gasteiger partial charge in [0, 0.05) is 5.56 Å². The maximum Gasteiger partial charge on any atom is 0.160 e. The molecule has 0 N–H and O–H groups in total. The van der Waals surface area contributed by atoms with Gasteiger partial charge in [0.2, 0.25) is 0 Å². The molecule has 0 unspecified atom stereocenters. The molecule has 0 heterocycles. The lowest BCUT2D eigenvalue weighted by Gasteiger charge is -2.21. The molecule has 124 valence electrons. The summed E-state index contributed by atoms with van der Waals surface area (Å²) in [6.07, 6.45) is 7.36. The Morgan fingerprint density at radius 3 is 2.42 bits per heavy atom. The third-order valence-corrected chi connectivity index (χ3v) is 5.77. The molecule has 0 aliphatic heterocycles. The number of hydrogen-bond acceptors (Lipinski definition) is 2. The molecule has 4 rings (SSSR count). The standard InChI is InChI=1S/C22H24O2/c1-16(23)18-9-10-21(24-15-17-7-3-2-4-8-17)20-14-22(13-19(18)20)11-5-6-12-22/h2-4,7-10H,5-6,11-15H2,1H3. The minimum Gasteiger partial charge on any atom is -0.489 e. The molecule has 2 nitrogen and oxygen atoms in total. The summed E-state index contributed by atoms with van der Waals surface area (Å²) in [5.74, 6) is 1.15. The Bertz CT molecular complexity index is 755. The minimum atomic E-state index is 0.177. The maximum atomic E-state index is 12.1. The zero-order chi connectivity index (χ0) is 16.6. The van der Waals surface area contributed by atoms with Gasteiger partial charge in [0.15, 0.2) is 5.78 Å². The van der Waals surface area contributed by atoms with Gasteiger partial charge in [-0.25, -0.2) is 0 Å². The number of hydrogen-bond donors (Lipinski definition) is 0. The van der Waals surface area contributed by atoms with Gasteiger partial charge in [0.25, 0.3) is 0 Å². The fraction of sp³-hybridized carbons (Fsp3) is 0.409. The SMILES string of the molecule is CC(=O)c1ccc(OCc2ccccc2)c2c1CC1(CCCC1)C2. The normalized spacial score (nSPS) is 17.9. The van der Waals surface area contributed by atoms with E-state index < -0.39 is 0 Å². The Morgan fingerprint density at radius 2 is 1.71 bits per heavy atom. The molecule has 1 spiro atoms. The van der Waals surface area contributed by atoms with E-state index in [1.54, 1.807) is 6.92 Å². The molecular formula is C22H24O2. The molecule has 1 fully saturated rings. The number of carbonyl (C=O) groups is 1. The molecular weight excluding hydrogens is 296 g/mol. The Kier molecular flexibility index (Phi) is 3.91. The average Bonchev–Trinajstić information content (AvgIpc) is 3.20. The molecule has 2 aliphatic rings. The average molecular weight is 320 g/mol. The van der Waals surface area contributed by atoms with E-state index in [0.717, 1.165) is 24.2 Å². The first-order valence-corrected chi connectivity index (χ1v) is 8.99. The lowest BCUT2D eigenvalue weighted by Crippen LogP contribution is -2.16. The van der Waals surface area contributed by atoms with E-state index in [9.17, 15) is 4.79 Å². The van der Waals surface area contributed by atoms with Gasteiger partial charge in [-0.2, -0.15) is 0 Å². The molecule has 0 saturated heterocycles. The third-order valence-electron chi connectivity index (χ3n) is 5.77. The summed E-state index contributed by atoms with van der Waals surface area (Å²) in [7, 11) is 0. The first-order valence-electron chi connectivity index (χ1n) is 8.99. The lowest BCUT2D eigenvalue weighted by molar-refractivity contribution is 0.101. The van der Waals surface area contributed by atoms with Crippen LogP contribution in [0.2, 0.25) is 0 Å². The van der Waals surface area contributed by atoms with Gasteiger partial charge >= 0.3 is 0 Å². The van der Waals surface area contributed by atoms with Crippen LogP contribution in [0.5, 0.6) is 5.75 Å². The molecule has 2 aromatic carbocycles. The number of ether oxygens (including phenoxy) is 1. The molecule has 2 aliphatic carbocycles. The van der Waals surface area contributed by atoms with Crippen molar-refractivity contribution in [2.45, 2.75) is 52.1 Å². The molecule has 0 bridgehead atoms. The second kappa shape index (κ2) is 6.08. The van der Waals surface area contributed by atoms with E-state index in [1.165, 1.54) is 42.4 Å². The number of benzene rings is 2. The van der Waals surface area contributed by atoms with E-state index >= 15 is 0 Å². The largest absolute Gasteiger partial charge is 0.489 e. The number of rotatable bonds is 4. The van der Waals surface area contributed by atoms with Gasteiger partial charge < -0.3 is 4.74 Å². The molecule has 2 heteroatoms. The molecule has 0 aromatic heterocycles. The molecule has 24 heavy (non-hydrogen) atoms. The predicted octanol–water partition coefficient (Wildman–Crippen LogP) is 5.13. The van der Waals surface area contributed by atoms with Crippen molar-refractivity contribution in [3.8, 4) is 5.75 Å². The molecule has 0 amide bonds. The highest BCUT2D eigenvalue weighted by molar-refractivity contribution is 5.96. The van der Waals surface area contributed by atoms with Gasteiger partial charge in [-0.05, 0) is 66.8 Å². The first kappa shape index (κ1) is 15.4. The van der Waals surface area contributed by atoms with Crippen LogP contribution in [0.15, 0.2) is 42.5 Å². The maximum absolute atomic E-state index is 12.1. The van der Waals surface area contributed by atoms with Crippen molar-refractivity contribution in [2.75, 3.05) is 0 Å². The van der Waals surface area contributed by atoms with Crippen LogP contribution in [0.4, 0.5) is 0 Å². The topological polar surface area (TPSA) is 26.3 Å². The number of Topliss-reactive ketones (excluding diaryl/α,β-unsaturated/α-hetero) is 1. The molecule has 1 saturated carbocycles. The van der Waals surface area contributed by atoms with Crippen molar-refractivity contribution in [1.29, 1.82) is 0 Å². The second-order valence-electron chi connectivity index (χ2n) is 7.46. The monoisotopic (exact) mass is 320 g/mol. The van der Waals surface area contributed by atoms with Crippen LogP contribution in [0.1, 0.15) is 59.7 Å². The van der Waals surface area contributed by atoms with Crippen LogP contribution in [0.25, 0.3) is 0 Å². The quantitative estimate of drug-likeness (QED) is 0.730. The molecule has 2 aromatic rings. The van der Waals surface area contributed by atoms with E-state index in [-0.39, 0.29) is 5.78 Å².